The molecule has 1 aliphatic rings. The zero-order chi connectivity index (χ0) is 29.0. The summed E-state index contributed by atoms with van der Waals surface area (Å²) < 4.78 is 37.7. The Morgan fingerprint density at radius 1 is 1.25 bits per heavy atom. The van der Waals surface area contributed by atoms with E-state index in [0.29, 0.717) is 34.6 Å². The molecule has 0 saturated heterocycles. The number of hydrogen-bond donors (Lipinski definition) is 2. The van der Waals surface area contributed by atoms with Gasteiger partial charge >= 0.3 is 16.3 Å². The summed E-state index contributed by atoms with van der Waals surface area (Å²) in [4.78, 5) is 12.8. The largest absolute Gasteiger partial charge is 0.480 e. The summed E-state index contributed by atoms with van der Waals surface area (Å²) in [7, 11) is -4.20. The summed E-state index contributed by atoms with van der Waals surface area (Å²) in [6.07, 6.45) is 2.74. The maximum absolute atomic E-state index is 12.8. The molecule has 2 heterocycles. The van der Waals surface area contributed by atoms with Crippen LogP contribution in [0.15, 0.2) is 36.3 Å². The fourth-order valence-corrected chi connectivity index (χ4v) is 5.99. The number of rotatable bonds is 11. The minimum Gasteiger partial charge on any atom is -0.480 e. The van der Waals surface area contributed by atoms with Crippen molar-refractivity contribution in [2.45, 2.75) is 59.0 Å². The third-order valence-electron chi connectivity index (χ3n) is 6.89. The molecule has 11 nitrogen and oxygen atoms in total. The van der Waals surface area contributed by atoms with Crippen LogP contribution in [0.2, 0.25) is 5.02 Å². The Morgan fingerprint density at radius 3 is 2.73 bits per heavy atom. The van der Waals surface area contributed by atoms with Gasteiger partial charge in [-0.3, -0.25) is 4.79 Å². The molecular weight excluding hydrogens is 560 g/mol. The Bertz CT molecular complexity index is 1540. The predicted molar refractivity (Wildman–Crippen MR) is 149 cm³/mol. The summed E-state index contributed by atoms with van der Waals surface area (Å²) in [5.74, 6) is -1.48. The zero-order valence-electron chi connectivity index (χ0n) is 22.6. The van der Waals surface area contributed by atoms with Gasteiger partial charge in [-0.2, -0.15) is 12.7 Å². The van der Waals surface area contributed by atoms with Gasteiger partial charge in [-0.25, -0.2) is 4.68 Å². The average molecular weight is 593 g/mol. The second kappa shape index (κ2) is 12.5. The van der Waals surface area contributed by atoms with Gasteiger partial charge in [0.05, 0.1) is 18.5 Å². The van der Waals surface area contributed by atoms with Crippen LogP contribution in [-0.2, 0) is 37.1 Å². The van der Waals surface area contributed by atoms with Crippen LogP contribution in [0.3, 0.4) is 0 Å². The van der Waals surface area contributed by atoms with Crippen molar-refractivity contribution in [1.82, 2.24) is 19.3 Å². The van der Waals surface area contributed by atoms with E-state index in [1.165, 1.54) is 6.08 Å². The van der Waals surface area contributed by atoms with Crippen molar-refractivity contribution in [2.24, 2.45) is 0 Å². The van der Waals surface area contributed by atoms with E-state index in [0.717, 1.165) is 32.9 Å². The summed E-state index contributed by atoms with van der Waals surface area (Å²) in [6.45, 7) is 6.30. The van der Waals surface area contributed by atoms with Crippen molar-refractivity contribution in [3.63, 3.8) is 0 Å². The standard InChI is InChI=1S/C27H33ClN4O7S/c1-4-38-25(35)15-22(21-7-8-23-27(18(21)3)29-30-32(23)10-5-6-12-33)19-13-17(2)26(28)20(14-19)16-31-11-9-24(34)39-40(31,36)37/h7-9,13-14,22,33-34H,4-6,10-12,15-16H2,1-3H3. The number of aliphatic hydroxyl groups is 2. The highest BCUT2D eigenvalue weighted by atomic mass is 35.5. The smallest absolute Gasteiger partial charge is 0.388 e. The van der Waals surface area contributed by atoms with E-state index in [1.54, 1.807) is 17.7 Å². The number of unbranched alkanes of at least 4 members (excludes halogenated alkanes) is 1. The highest BCUT2D eigenvalue weighted by molar-refractivity contribution is 7.84. The molecule has 0 spiro atoms. The van der Waals surface area contributed by atoms with E-state index in [2.05, 4.69) is 14.5 Å². The van der Waals surface area contributed by atoms with Crippen molar-refractivity contribution in [1.29, 1.82) is 0 Å². The number of nitrogens with zero attached hydrogens (tertiary/aromatic N) is 4. The number of halogens is 1. The van der Waals surface area contributed by atoms with Crippen LogP contribution in [0, 0.1) is 13.8 Å². The molecule has 13 heteroatoms. The van der Waals surface area contributed by atoms with Crippen LogP contribution in [0.5, 0.6) is 0 Å². The fourth-order valence-electron chi connectivity index (χ4n) is 4.88. The molecule has 0 amide bonds. The topological polar surface area (TPSA) is 144 Å². The molecule has 0 radical (unpaired) electrons. The molecule has 216 valence electrons. The van der Waals surface area contributed by atoms with Gasteiger partial charge in [-0.15, -0.1) is 5.10 Å². The second-order valence-electron chi connectivity index (χ2n) is 9.64. The lowest BCUT2D eigenvalue weighted by atomic mass is 9.84. The van der Waals surface area contributed by atoms with Gasteiger partial charge < -0.3 is 19.1 Å². The minimum absolute atomic E-state index is 0.0487. The van der Waals surface area contributed by atoms with Gasteiger partial charge in [0.2, 0.25) is 0 Å². The second-order valence-corrected chi connectivity index (χ2v) is 11.6. The quantitative estimate of drug-likeness (QED) is 0.249. The molecule has 3 aromatic rings. The van der Waals surface area contributed by atoms with Gasteiger partial charge in [0.15, 0.2) is 0 Å². The number of carbonyl (C=O) groups is 1. The summed E-state index contributed by atoms with van der Waals surface area (Å²) >= 11 is 6.62. The molecule has 1 aromatic heterocycles. The first-order chi connectivity index (χ1) is 19.1. The third kappa shape index (κ3) is 6.41. The lowest BCUT2D eigenvalue weighted by Crippen LogP contribution is -2.35. The molecule has 1 aliphatic heterocycles. The number of aromatic nitrogens is 3. The molecule has 1 atom stereocenters. The molecule has 0 bridgehead atoms. The molecule has 1 unspecified atom stereocenters. The Hall–Kier alpha value is -3.19. The number of aryl methyl sites for hydroxylation is 3. The summed E-state index contributed by atoms with van der Waals surface area (Å²) in [6, 6.07) is 7.56. The van der Waals surface area contributed by atoms with E-state index >= 15 is 0 Å². The number of aliphatic hydroxyl groups excluding tert-OH is 2. The molecule has 2 N–H and O–H groups in total. The van der Waals surface area contributed by atoms with E-state index in [-0.39, 0.29) is 38.7 Å². The van der Waals surface area contributed by atoms with Gasteiger partial charge in [0.25, 0.3) is 5.95 Å². The van der Waals surface area contributed by atoms with Crippen molar-refractivity contribution < 1.29 is 32.3 Å². The number of fused-ring (bicyclic) bond motifs is 1. The summed E-state index contributed by atoms with van der Waals surface area (Å²) in [5.41, 5.74) is 5.29. The minimum atomic E-state index is -4.20. The molecular formula is C27H33ClN4O7S. The maximum atomic E-state index is 12.8. The first-order valence-electron chi connectivity index (χ1n) is 13.0. The Kier molecular flexibility index (Phi) is 9.34. The van der Waals surface area contributed by atoms with Crippen LogP contribution in [0.1, 0.15) is 59.9 Å². The van der Waals surface area contributed by atoms with Crippen molar-refractivity contribution in [2.75, 3.05) is 19.8 Å². The monoisotopic (exact) mass is 592 g/mol. The normalized spacial score (nSPS) is 16.0. The number of ether oxygens (including phenoxy) is 1. The maximum Gasteiger partial charge on any atom is 0.388 e. The SMILES string of the molecule is CCOC(=O)CC(c1cc(C)c(Cl)c(CN2CC=C(O)OS2(=O)=O)c1)c1ccc2c(nnn2CCCCO)c1C. The Balaban J connectivity index is 1.76. The first kappa shape index (κ1) is 29.8. The molecule has 40 heavy (non-hydrogen) atoms. The van der Waals surface area contributed by atoms with Gasteiger partial charge in [-0.05, 0) is 67.5 Å². The van der Waals surface area contributed by atoms with Crippen LogP contribution < -0.4 is 0 Å². The number of hydrogen-bond acceptors (Lipinski definition) is 9. The highest BCUT2D eigenvalue weighted by Crippen LogP contribution is 2.37. The van der Waals surface area contributed by atoms with Crippen molar-refractivity contribution in [3.05, 3.63) is 69.1 Å². The summed E-state index contributed by atoms with van der Waals surface area (Å²) in [5, 5.41) is 27.7. The molecule has 4 rings (SSSR count). The van der Waals surface area contributed by atoms with E-state index in [9.17, 15) is 18.3 Å². The number of carbonyl (C=O) groups excluding carboxylic acids is 1. The predicted octanol–water partition coefficient (Wildman–Crippen LogP) is 4.04. The van der Waals surface area contributed by atoms with Crippen LogP contribution in [0.4, 0.5) is 0 Å². The first-order valence-corrected chi connectivity index (χ1v) is 14.8. The lowest BCUT2D eigenvalue weighted by molar-refractivity contribution is -0.143. The fraction of sp³-hybridized carbons (Fsp3) is 0.444. The van der Waals surface area contributed by atoms with Gasteiger partial charge in [0.1, 0.15) is 5.52 Å². The van der Waals surface area contributed by atoms with E-state index < -0.39 is 22.2 Å². The van der Waals surface area contributed by atoms with Gasteiger partial charge in [0, 0.05) is 43.3 Å². The molecule has 2 aromatic carbocycles. The highest BCUT2D eigenvalue weighted by Gasteiger charge is 2.30. The molecule has 0 aliphatic carbocycles. The lowest BCUT2D eigenvalue weighted by Gasteiger charge is -2.25. The van der Waals surface area contributed by atoms with Crippen LogP contribution in [0.25, 0.3) is 11.0 Å². The van der Waals surface area contributed by atoms with E-state index in [1.807, 2.05) is 32.0 Å². The van der Waals surface area contributed by atoms with E-state index in [4.69, 9.17) is 21.4 Å². The average Bonchev–Trinajstić information content (AvgIpc) is 3.31. The van der Waals surface area contributed by atoms with Crippen molar-refractivity contribution in [3.8, 4) is 0 Å². The Morgan fingerprint density at radius 2 is 2.02 bits per heavy atom. The molecule has 0 saturated carbocycles. The zero-order valence-corrected chi connectivity index (χ0v) is 24.2. The molecule has 0 fully saturated rings. The van der Waals surface area contributed by atoms with Gasteiger partial charge in [-0.1, -0.05) is 35.0 Å². The third-order valence-corrected chi connectivity index (χ3v) is 8.72. The number of esters is 1. The van der Waals surface area contributed by atoms with Crippen LogP contribution in [-0.4, -0.2) is 63.7 Å². The number of benzene rings is 2. The van der Waals surface area contributed by atoms with Crippen LogP contribution >= 0.6 is 11.6 Å². The van der Waals surface area contributed by atoms with Crippen molar-refractivity contribution >= 4 is 38.9 Å². The Labute approximate surface area is 238 Å².